The molecule has 1 fully saturated rings. The van der Waals surface area contributed by atoms with Crippen molar-refractivity contribution in [3.05, 3.63) is 6.61 Å². The van der Waals surface area contributed by atoms with Crippen LogP contribution in [-0.2, 0) is 33.3 Å². The van der Waals surface area contributed by atoms with Gasteiger partial charge in [-0.3, -0.25) is 14.4 Å². The third kappa shape index (κ3) is 4.78. The second kappa shape index (κ2) is 7.20. The van der Waals surface area contributed by atoms with E-state index in [9.17, 15) is 14.4 Å². The Morgan fingerprint density at radius 1 is 1.05 bits per heavy atom. The number of hydrogen-bond donors (Lipinski definition) is 1. The van der Waals surface area contributed by atoms with Crippen molar-refractivity contribution in [2.45, 2.75) is 45.1 Å². The molecule has 0 aromatic rings. The number of esters is 3. The molecule has 0 spiro atoms. The standard InChI is InChI=1S/C12H18NO7/c1-6(14)17-5-10-12(20-8(3)16)11(19-7(2)15)9(13)4-18-10/h4,9-12H,5,13H2,1-3H3/t9-,10+,11+,12-/m0/s1. The molecule has 20 heavy (non-hydrogen) atoms. The highest BCUT2D eigenvalue weighted by Gasteiger charge is 2.44. The fourth-order valence-corrected chi connectivity index (χ4v) is 1.78. The largest absolute Gasteiger partial charge is 0.463 e. The maximum atomic E-state index is 11.2. The van der Waals surface area contributed by atoms with Crippen molar-refractivity contribution < 1.29 is 33.3 Å². The summed E-state index contributed by atoms with van der Waals surface area (Å²) >= 11 is 0. The van der Waals surface area contributed by atoms with Crippen molar-refractivity contribution in [3.63, 3.8) is 0 Å². The van der Waals surface area contributed by atoms with E-state index in [-0.39, 0.29) is 6.61 Å². The molecule has 4 atom stereocenters. The Morgan fingerprint density at radius 2 is 1.60 bits per heavy atom. The van der Waals surface area contributed by atoms with Crippen molar-refractivity contribution in [1.82, 2.24) is 0 Å². The van der Waals surface area contributed by atoms with Crippen molar-refractivity contribution in [2.75, 3.05) is 6.61 Å². The Morgan fingerprint density at radius 3 is 2.10 bits per heavy atom. The molecule has 1 heterocycles. The highest BCUT2D eigenvalue weighted by atomic mass is 16.6. The maximum Gasteiger partial charge on any atom is 0.303 e. The van der Waals surface area contributed by atoms with Gasteiger partial charge in [0.25, 0.3) is 0 Å². The molecule has 1 radical (unpaired) electrons. The van der Waals surface area contributed by atoms with Gasteiger partial charge < -0.3 is 24.7 Å². The molecule has 0 aliphatic carbocycles. The molecule has 1 aliphatic heterocycles. The summed E-state index contributed by atoms with van der Waals surface area (Å²) in [5.74, 6) is -1.66. The highest BCUT2D eigenvalue weighted by Crippen LogP contribution is 2.23. The Hall–Kier alpha value is -1.67. The molecule has 1 aliphatic rings. The first-order chi connectivity index (χ1) is 9.31. The summed E-state index contributed by atoms with van der Waals surface area (Å²) in [7, 11) is 0. The summed E-state index contributed by atoms with van der Waals surface area (Å²) in [4.78, 5) is 33.1. The van der Waals surface area contributed by atoms with Gasteiger partial charge in [-0.2, -0.15) is 0 Å². The van der Waals surface area contributed by atoms with Crippen LogP contribution in [0.4, 0.5) is 0 Å². The lowest BCUT2D eigenvalue weighted by atomic mass is 9.98. The van der Waals surface area contributed by atoms with E-state index in [0.29, 0.717) is 0 Å². The number of rotatable bonds is 4. The van der Waals surface area contributed by atoms with Crippen LogP contribution in [0.1, 0.15) is 20.8 Å². The predicted octanol–water partition coefficient (Wildman–Crippen LogP) is -0.699. The molecule has 0 unspecified atom stereocenters. The highest BCUT2D eigenvalue weighted by molar-refractivity contribution is 5.68. The van der Waals surface area contributed by atoms with Gasteiger partial charge in [-0.15, -0.1) is 0 Å². The summed E-state index contributed by atoms with van der Waals surface area (Å²) < 4.78 is 20.2. The minimum absolute atomic E-state index is 0.145. The zero-order chi connectivity index (χ0) is 15.3. The van der Waals surface area contributed by atoms with Gasteiger partial charge in [0.2, 0.25) is 0 Å². The fourth-order valence-electron chi connectivity index (χ4n) is 1.78. The van der Waals surface area contributed by atoms with Crippen LogP contribution in [0.2, 0.25) is 0 Å². The number of carbonyl (C=O) groups is 3. The van der Waals surface area contributed by atoms with Gasteiger partial charge in [0.15, 0.2) is 12.2 Å². The van der Waals surface area contributed by atoms with Gasteiger partial charge in [-0.1, -0.05) is 0 Å². The number of carbonyl (C=O) groups excluding carboxylic acids is 3. The molecule has 0 saturated carbocycles. The molecule has 1 rings (SSSR count). The first kappa shape index (κ1) is 16.4. The van der Waals surface area contributed by atoms with Crippen LogP contribution in [0.5, 0.6) is 0 Å². The first-order valence-corrected chi connectivity index (χ1v) is 6.03. The monoisotopic (exact) mass is 288 g/mol. The van der Waals surface area contributed by atoms with E-state index in [1.165, 1.54) is 27.4 Å². The van der Waals surface area contributed by atoms with Gasteiger partial charge in [-0.25, -0.2) is 0 Å². The topological polar surface area (TPSA) is 114 Å². The summed E-state index contributed by atoms with van der Waals surface area (Å²) in [5.41, 5.74) is 5.75. The van der Waals surface area contributed by atoms with Crippen LogP contribution >= 0.6 is 0 Å². The second-order valence-corrected chi connectivity index (χ2v) is 4.34. The Kier molecular flexibility index (Phi) is 5.90. The molecular formula is C12H18NO7. The first-order valence-electron chi connectivity index (χ1n) is 6.03. The molecule has 0 aromatic carbocycles. The summed E-state index contributed by atoms with van der Waals surface area (Å²) in [6.45, 7) is 4.78. The average Bonchev–Trinajstić information content (AvgIpc) is 2.31. The Labute approximate surface area is 116 Å². The van der Waals surface area contributed by atoms with Crippen molar-refractivity contribution in [3.8, 4) is 0 Å². The minimum Gasteiger partial charge on any atom is -0.463 e. The van der Waals surface area contributed by atoms with E-state index in [1.807, 2.05) is 0 Å². The van der Waals surface area contributed by atoms with Crippen LogP contribution in [-0.4, -0.2) is 48.9 Å². The molecular weight excluding hydrogens is 270 g/mol. The van der Waals surface area contributed by atoms with E-state index in [1.54, 1.807) is 0 Å². The van der Waals surface area contributed by atoms with Gasteiger partial charge in [0, 0.05) is 20.8 Å². The van der Waals surface area contributed by atoms with Gasteiger partial charge >= 0.3 is 17.9 Å². The van der Waals surface area contributed by atoms with Gasteiger partial charge in [0.05, 0.1) is 6.04 Å². The molecule has 0 amide bonds. The lowest BCUT2D eigenvalue weighted by molar-refractivity contribution is -0.195. The van der Waals surface area contributed by atoms with Crippen LogP contribution < -0.4 is 5.73 Å². The SMILES string of the molecule is CC(=O)OC[C@H]1O[CH][C@H](N)[C@@H](OC(C)=O)[C@H]1OC(C)=O. The second-order valence-electron chi connectivity index (χ2n) is 4.34. The summed E-state index contributed by atoms with van der Waals surface area (Å²) in [6.07, 6.45) is -2.63. The quantitative estimate of drug-likeness (QED) is 0.533. The molecule has 0 bridgehead atoms. The van der Waals surface area contributed by atoms with Crippen LogP contribution in [0.25, 0.3) is 0 Å². The van der Waals surface area contributed by atoms with E-state index < -0.39 is 42.3 Å². The zero-order valence-corrected chi connectivity index (χ0v) is 11.5. The van der Waals surface area contributed by atoms with Crippen molar-refractivity contribution in [2.24, 2.45) is 5.73 Å². The molecule has 2 N–H and O–H groups in total. The minimum atomic E-state index is -0.948. The van der Waals surface area contributed by atoms with E-state index >= 15 is 0 Å². The number of nitrogens with two attached hydrogens (primary N) is 1. The molecule has 113 valence electrons. The van der Waals surface area contributed by atoms with Gasteiger partial charge in [0.1, 0.15) is 19.3 Å². The maximum absolute atomic E-state index is 11.2. The van der Waals surface area contributed by atoms with Crippen LogP contribution in [0.3, 0.4) is 0 Å². The Bertz CT molecular complexity index is 384. The van der Waals surface area contributed by atoms with Gasteiger partial charge in [-0.05, 0) is 0 Å². The van der Waals surface area contributed by atoms with E-state index in [2.05, 4.69) is 0 Å². The summed E-state index contributed by atoms with van der Waals surface area (Å²) in [5, 5.41) is 0. The third-order valence-corrected chi connectivity index (χ3v) is 2.54. The molecule has 8 nitrogen and oxygen atoms in total. The third-order valence-electron chi connectivity index (χ3n) is 2.54. The predicted molar refractivity (Wildman–Crippen MR) is 64.9 cm³/mol. The average molecular weight is 288 g/mol. The zero-order valence-electron chi connectivity index (χ0n) is 11.5. The van der Waals surface area contributed by atoms with E-state index in [4.69, 9.17) is 24.7 Å². The smallest absolute Gasteiger partial charge is 0.303 e. The number of hydrogen-bond acceptors (Lipinski definition) is 8. The van der Waals surface area contributed by atoms with Crippen LogP contribution in [0.15, 0.2) is 0 Å². The van der Waals surface area contributed by atoms with Crippen LogP contribution in [0, 0.1) is 6.61 Å². The fraction of sp³-hybridized carbons (Fsp3) is 0.667. The molecule has 8 heteroatoms. The normalized spacial score (nSPS) is 29.4. The van der Waals surface area contributed by atoms with Crippen molar-refractivity contribution in [1.29, 1.82) is 0 Å². The lowest BCUT2D eigenvalue weighted by Crippen LogP contribution is -2.58. The summed E-state index contributed by atoms with van der Waals surface area (Å²) in [6, 6.07) is -0.753. The lowest BCUT2D eigenvalue weighted by Gasteiger charge is -2.39. The van der Waals surface area contributed by atoms with E-state index in [0.717, 1.165) is 0 Å². The molecule has 0 aromatic heterocycles. The molecule has 1 saturated heterocycles. The van der Waals surface area contributed by atoms with Crippen molar-refractivity contribution >= 4 is 17.9 Å². The Balaban J connectivity index is 2.83. The number of ether oxygens (including phenoxy) is 4.